The van der Waals surface area contributed by atoms with E-state index in [1.807, 2.05) is 0 Å². The minimum Gasteiger partial charge on any atom is -0.450 e. The summed E-state index contributed by atoms with van der Waals surface area (Å²) in [5, 5.41) is 0. The second kappa shape index (κ2) is 4.15. The Labute approximate surface area is 76.0 Å². The van der Waals surface area contributed by atoms with Crippen LogP contribution in [0.1, 0.15) is 6.92 Å². The zero-order valence-electron chi connectivity index (χ0n) is 6.67. The maximum atomic E-state index is 10.5. The minimum absolute atomic E-state index is 0.324. The van der Waals surface area contributed by atoms with E-state index in [-0.39, 0.29) is 5.97 Å². The summed E-state index contributed by atoms with van der Waals surface area (Å²) in [5.41, 5.74) is -0.406. The van der Waals surface area contributed by atoms with Gasteiger partial charge >= 0.3 is 5.97 Å². The summed E-state index contributed by atoms with van der Waals surface area (Å²) in [5.74, 6) is -0.324. The van der Waals surface area contributed by atoms with Gasteiger partial charge in [0, 0.05) is 19.3 Å². The van der Waals surface area contributed by atoms with Crippen molar-refractivity contribution in [2.75, 3.05) is 0 Å². The molecule has 4 nitrogen and oxygen atoms in total. The van der Waals surface area contributed by atoms with Gasteiger partial charge in [0.25, 0.3) is 0 Å². The van der Waals surface area contributed by atoms with Gasteiger partial charge in [-0.15, -0.1) is 12.6 Å². The van der Waals surface area contributed by atoms with Gasteiger partial charge in [-0.2, -0.15) is 0 Å². The number of nitrogens with zero attached hydrogens (tertiary/aromatic N) is 2. The Kier molecular flexibility index (Phi) is 3.16. The average molecular weight is 186 g/mol. The lowest BCUT2D eigenvalue weighted by Gasteiger charge is -2.10. The van der Waals surface area contributed by atoms with Gasteiger partial charge in [0.15, 0.2) is 5.44 Å². The third-order valence-electron chi connectivity index (χ3n) is 1.23. The lowest BCUT2D eigenvalue weighted by Crippen LogP contribution is -2.15. The van der Waals surface area contributed by atoms with Gasteiger partial charge in [-0.25, -0.2) is 4.98 Å². The van der Waals surface area contributed by atoms with Gasteiger partial charge in [-0.3, -0.25) is 4.79 Å². The van der Waals surface area contributed by atoms with E-state index in [2.05, 4.69) is 17.6 Å². The van der Waals surface area contributed by atoms with Crippen LogP contribution >= 0.6 is 12.6 Å². The minimum atomic E-state index is -0.406. The number of aromatic nitrogens is 2. The smallest absolute Gasteiger partial charge is 0.303 e. The molecule has 0 spiro atoms. The first kappa shape index (κ1) is 9.12. The summed E-state index contributed by atoms with van der Waals surface area (Å²) in [6.07, 6.45) is 5.09. The second-order valence-electron chi connectivity index (χ2n) is 2.32. The molecule has 0 aliphatic carbocycles. The molecule has 1 unspecified atom stereocenters. The average Bonchev–Trinajstić information content (AvgIpc) is 2.37. The Morgan fingerprint density at radius 3 is 3.08 bits per heavy atom. The van der Waals surface area contributed by atoms with Crippen molar-refractivity contribution in [1.82, 2.24) is 9.55 Å². The molecule has 12 heavy (non-hydrogen) atoms. The molecule has 0 amide bonds. The van der Waals surface area contributed by atoms with Gasteiger partial charge in [0.05, 0.1) is 12.9 Å². The van der Waals surface area contributed by atoms with Crippen molar-refractivity contribution in [2.24, 2.45) is 0 Å². The molecule has 0 saturated heterocycles. The predicted octanol–water partition coefficient (Wildman–Crippen LogP) is 0.702. The highest BCUT2D eigenvalue weighted by molar-refractivity contribution is 7.80. The van der Waals surface area contributed by atoms with Gasteiger partial charge in [0.2, 0.25) is 0 Å². The molecule has 5 heteroatoms. The molecule has 66 valence electrons. The van der Waals surface area contributed by atoms with Crippen molar-refractivity contribution >= 4 is 18.6 Å². The van der Waals surface area contributed by atoms with Crippen LogP contribution in [0.3, 0.4) is 0 Å². The lowest BCUT2D eigenvalue weighted by atomic mass is 10.6. The first-order valence-electron chi connectivity index (χ1n) is 3.49. The highest BCUT2D eigenvalue weighted by Crippen LogP contribution is 2.01. The number of hydrogen-bond donors (Lipinski definition) is 1. The fourth-order valence-electron chi connectivity index (χ4n) is 0.804. The fourth-order valence-corrected chi connectivity index (χ4v) is 1.14. The Morgan fingerprint density at radius 1 is 1.83 bits per heavy atom. The highest BCUT2D eigenvalue weighted by Gasteiger charge is 2.05. The largest absolute Gasteiger partial charge is 0.450 e. The first-order chi connectivity index (χ1) is 5.68. The second-order valence-corrected chi connectivity index (χ2v) is 2.90. The summed E-state index contributed by atoms with van der Waals surface area (Å²) >= 11 is 4.06. The number of rotatable bonds is 3. The summed E-state index contributed by atoms with van der Waals surface area (Å²) < 4.78 is 6.59. The fraction of sp³-hybridized carbons (Fsp3) is 0.429. The molecular weight excluding hydrogens is 176 g/mol. The van der Waals surface area contributed by atoms with Gasteiger partial charge in [0.1, 0.15) is 0 Å². The molecular formula is C7H10N2O2S. The van der Waals surface area contributed by atoms with Crippen molar-refractivity contribution in [3.63, 3.8) is 0 Å². The number of hydrogen-bond acceptors (Lipinski definition) is 4. The van der Waals surface area contributed by atoms with E-state index in [0.717, 1.165) is 0 Å². The zero-order chi connectivity index (χ0) is 8.97. The summed E-state index contributed by atoms with van der Waals surface area (Å²) in [7, 11) is 0. The standard InChI is InChI=1S/C7H10N2O2S/c1-6(10)11-7(12)4-9-3-2-8-5-9/h2-3,5,7,12H,4H2,1H3. The van der Waals surface area contributed by atoms with Crippen LogP contribution in [0, 0.1) is 0 Å². The Bertz CT molecular complexity index is 248. The number of esters is 1. The zero-order valence-corrected chi connectivity index (χ0v) is 7.57. The quantitative estimate of drug-likeness (QED) is 0.429. The highest BCUT2D eigenvalue weighted by atomic mass is 32.1. The molecule has 1 heterocycles. The molecule has 1 aromatic rings. The Hall–Kier alpha value is -0.970. The molecule has 1 aromatic heterocycles. The number of carbonyl (C=O) groups is 1. The summed E-state index contributed by atoms with van der Waals surface area (Å²) in [6.45, 7) is 1.87. The van der Waals surface area contributed by atoms with E-state index in [9.17, 15) is 4.79 Å². The van der Waals surface area contributed by atoms with E-state index in [4.69, 9.17) is 4.74 Å². The molecule has 0 saturated carbocycles. The monoisotopic (exact) mass is 186 g/mol. The van der Waals surface area contributed by atoms with Gasteiger partial charge in [-0.1, -0.05) is 0 Å². The third-order valence-corrected chi connectivity index (χ3v) is 1.50. The number of ether oxygens (including phenoxy) is 1. The topological polar surface area (TPSA) is 44.1 Å². The first-order valence-corrected chi connectivity index (χ1v) is 4.01. The third kappa shape index (κ3) is 2.96. The van der Waals surface area contributed by atoms with E-state index < -0.39 is 5.44 Å². The van der Waals surface area contributed by atoms with Crippen molar-refractivity contribution in [3.05, 3.63) is 18.7 Å². The van der Waals surface area contributed by atoms with Crippen molar-refractivity contribution < 1.29 is 9.53 Å². The van der Waals surface area contributed by atoms with E-state index in [0.29, 0.717) is 6.54 Å². The van der Waals surface area contributed by atoms with Crippen LogP contribution in [-0.4, -0.2) is 21.0 Å². The van der Waals surface area contributed by atoms with Crippen LogP contribution in [0.25, 0.3) is 0 Å². The molecule has 0 fully saturated rings. The van der Waals surface area contributed by atoms with Gasteiger partial charge < -0.3 is 9.30 Å². The molecule has 0 bridgehead atoms. The molecule has 0 aliphatic heterocycles. The summed E-state index contributed by atoms with van der Waals surface area (Å²) in [4.78, 5) is 14.3. The Balaban J connectivity index is 2.36. The predicted molar refractivity (Wildman–Crippen MR) is 46.8 cm³/mol. The molecule has 1 rings (SSSR count). The van der Waals surface area contributed by atoms with Gasteiger partial charge in [-0.05, 0) is 0 Å². The molecule has 0 aromatic carbocycles. The lowest BCUT2D eigenvalue weighted by molar-refractivity contribution is -0.142. The number of thiol groups is 1. The molecule has 0 radical (unpaired) electrons. The number of imidazole rings is 1. The maximum Gasteiger partial charge on any atom is 0.303 e. The van der Waals surface area contributed by atoms with Crippen LogP contribution in [0.15, 0.2) is 18.7 Å². The van der Waals surface area contributed by atoms with Crippen LogP contribution in [0.2, 0.25) is 0 Å². The van der Waals surface area contributed by atoms with Crippen LogP contribution in [-0.2, 0) is 16.1 Å². The van der Waals surface area contributed by atoms with Crippen LogP contribution < -0.4 is 0 Å². The molecule has 0 aliphatic rings. The molecule has 1 atom stereocenters. The van der Waals surface area contributed by atoms with Crippen molar-refractivity contribution in [1.29, 1.82) is 0 Å². The Morgan fingerprint density at radius 2 is 2.58 bits per heavy atom. The van der Waals surface area contributed by atoms with Crippen molar-refractivity contribution in [2.45, 2.75) is 18.9 Å². The van der Waals surface area contributed by atoms with Crippen molar-refractivity contribution in [3.8, 4) is 0 Å². The van der Waals surface area contributed by atoms with E-state index >= 15 is 0 Å². The normalized spacial score (nSPS) is 12.5. The van der Waals surface area contributed by atoms with E-state index in [1.165, 1.54) is 6.92 Å². The number of carbonyl (C=O) groups excluding carboxylic acids is 1. The molecule has 0 N–H and O–H groups in total. The van der Waals surface area contributed by atoms with Crippen LogP contribution in [0.5, 0.6) is 0 Å². The SMILES string of the molecule is CC(=O)OC(S)Cn1ccnc1. The van der Waals surface area contributed by atoms with Crippen LogP contribution in [0.4, 0.5) is 0 Å². The maximum absolute atomic E-state index is 10.5. The summed E-state index contributed by atoms with van der Waals surface area (Å²) in [6, 6.07) is 0. The van der Waals surface area contributed by atoms with E-state index in [1.54, 1.807) is 23.3 Å².